The molecular formula is C21H17Cl2NO. The average molecular weight is 370 g/mol. The molecule has 0 aromatic heterocycles. The summed E-state index contributed by atoms with van der Waals surface area (Å²) in [5.74, 6) is 0.777. The van der Waals surface area contributed by atoms with E-state index in [4.69, 9.17) is 27.9 Å². The molecule has 0 bridgehead atoms. The zero-order valence-electron chi connectivity index (χ0n) is 13.7. The van der Waals surface area contributed by atoms with Gasteiger partial charge in [0, 0.05) is 21.8 Å². The predicted octanol–water partition coefficient (Wildman–Crippen LogP) is 6.63. The first kappa shape index (κ1) is 17.5. The van der Waals surface area contributed by atoms with Crippen LogP contribution in [0.2, 0.25) is 10.0 Å². The van der Waals surface area contributed by atoms with Gasteiger partial charge in [0.15, 0.2) is 0 Å². The van der Waals surface area contributed by atoms with Crippen molar-refractivity contribution in [1.82, 2.24) is 0 Å². The summed E-state index contributed by atoms with van der Waals surface area (Å²) in [6, 6.07) is 21.2. The molecule has 0 heterocycles. The summed E-state index contributed by atoms with van der Waals surface area (Å²) >= 11 is 12.1. The van der Waals surface area contributed by atoms with Gasteiger partial charge in [-0.05, 0) is 54.4 Å². The van der Waals surface area contributed by atoms with Crippen LogP contribution in [-0.4, -0.2) is 6.21 Å². The lowest BCUT2D eigenvalue weighted by atomic mass is 10.2. The molecule has 3 rings (SSSR count). The highest BCUT2D eigenvalue weighted by Crippen LogP contribution is 2.23. The fourth-order valence-corrected chi connectivity index (χ4v) is 2.57. The molecule has 0 saturated heterocycles. The van der Waals surface area contributed by atoms with E-state index in [1.54, 1.807) is 6.21 Å². The fourth-order valence-electron chi connectivity index (χ4n) is 2.27. The van der Waals surface area contributed by atoms with Gasteiger partial charge in [0.2, 0.25) is 0 Å². The Balaban J connectivity index is 1.74. The Hall–Kier alpha value is -2.29. The van der Waals surface area contributed by atoms with Crippen LogP contribution in [0.15, 0.2) is 71.7 Å². The molecule has 4 heteroatoms. The highest BCUT2D eigenvalue weighted by atomic mass is 35.5. The van der Waals surface area contributed by atoms with Crippen LogP contribution < -0.4 is 4.74 Å². The van der Waals surface area contributed by atoms with E-state index in [1.165, 1.54) is 0 Å². The Bertz CT molecular complexity index is 889. The third-order valence-electron chi connectivity index (χ3n) is 3.73. The molecule has 0 N–H and O–H groups in total. The van der Waals surface area contributed by atoms with Crippen molar-refractivity contribution in [2.24, 2.45) is 4.99 Å². The van der Waals surface area contributed by atoms with Gasteiger partial charge in [0.05, 0.1) is 5.69 Å². The molecule has 3 aromatic rings. The third-order valence-corrected chi connectivity index (χ3v) is 4.39. The highest BCUT2D eigenvalue weighted by molar-refractivity contribution is 6.31. The monoisotopic (exact) mass is 369 g/mol. The van der Waals surface area contributed by atoms with Gasteiger partial charge in [-0.15, -0.1) is 0 Å². The van der Waals surface area contributed by atoms with E-state index in [0.29, 0.717) is 16.7 Å². The van der Waals surface area contributed by atoms with Gasteiger partial charge in [0.25, 0.3) is 0 Å². The van der Waals surface area contributed by atoms with Gasteiger partial charge in [-0.25, -0.2) is 0 Å². The summed E-state index contributed by atoms with van der Waals surface area (Å²) < 4.78 is 5.93. The molecule has 3 aromatic carbocycles. The van der Waals surface area contributed by atoms with Crippen molar-refractivity contribution in [2.45, 2.75) is 13.5 Å². The Morgan fingerprint density at radius 3 is 2.48 bits per heavy atom. The van der Waals surface area contributed by atoms with Gasteiger partial charge in [-0.2, -0.15) is 0 Å². The normalized spacial score (nSPS) is 11.0. The van der Waals surface area contributed by atoms with Crippen molar-refractivity contribution in [2.75, 3.05) is 0 Å². The molecule has 126 valence electrons. The molecule has 0 fully saturated rings. The summed E-state index contributed by atoms with van der Waals surface area (Å²) in [6.45, 7) is 2.44. The molecule has 2 nitrogen and oxygen atoms in total. The number of rotatable bonds is 5. The van der Waals surface area contributed by atoms with Gasteiger partial charge in [-0.3, -0.25) is 4.99 Å². The van der Waals surface area contributed by atoms with E-state index >= 15 is 0 Å². The van der Waals surface area contributed by atoms with E-state index in [0.717, 1.165) is 28.1 Å². The summed E-state index contributed by atoms with van der Waals surface area (Å²) in [7, 11) is 0. The molecule has 25 heavy (non-hydrogen) atoms. The molecule has 0 radical (unpaired) electrons. The lowest BCUT2D eigenvalue weighted by Crippen LogP contribution is -1.98. The zero-order valence-corrected chi connectivity index (χ0v) is 15.3. The fraction of sp³-hybridized carbons (Fsp3) is 0.0952. The number of benzene rings is 3. The number of hydrogen-bond acceptors (Lipinski definition) is 2. The summed E-state index contributed by atoms with van der Waals surface area (Å²) in [5, 5.41) is 1.43. The van der Waals surface area contributed by atoms with E-state index in [9.17, 15) is 0 Å². The molecule has 0 aliphatic heterocycles. The second kappa shape index (κ2) is 8.19. The maximum Gasteiger partial charge on any atom is 0.128 e. The number of nitrogens with zero attached hydrogens (tertiary/aromatic N) is 1. The highest BCUT2D eigenvalue weighted by Gasteiger charge is 2.02. The Morgan fingerprint density at radius 2 is 1.72 bits per heavy atom. The van der Waals surface area contributed by atoms with Crippen LogP contribution in [0.4, 0.5) is 5.69 Å². The Morgan fingerprint density at radius 1 is 0.960 bits per heavy atom. The Labute approximate surface area is 157 Å². The summed E-state index contributed by atoms with van der Waals surface area (Å²) in [6.07, 6.45) is 1.79. The molecular weight excluding hydrogens is 353 g/mol. The number of hydrogen-bond donors (Lipinski definition) is 0. The predicted molar refractivity (Wildman–Crippen MR) is 106 cm³/mol. The van der Waals surface area contributed by atoms with Crippen molar-refractivity contribution < 1.29 is 4.74 Å². The van der Waals surface area contributed by atoms with Gasteiger partial charge in [-0.1, -0.05) is 53.5 Å². The minimum atomic E-state index is 0.471. The topological polar surface area (TPSA) is 21.6 Å². The largest absolute Gasteiger partial charge is 0.488 e. The first-order chi connectivity index (χ1) is 12.1. The van der Waals surface area contributed by atoms with Crippen molar-refractivity contribution >= 4 is 35.1 Å². The second-order valence-electron chi connectivity index (χ2n) is 5.64. The van der Waals surface area contributed by atoms with E-state index in [-0.39, 0.29) is 0 Å². The number of para-hydroxylation sites is 1. The standard InChI is InChI=1S/C21H17Cl2NO/c1-15-6-11-19(12-20(15)23)24-13-17-4-2-3-5-21(17)25-14-16-7-9-18(22)10-8-16/h2-13H,14H2,1H3. The van der Waals surface area contributed by atoms with Crippen molar-refractivity contribution in [3.63, 3.8) is 0 Å². The third kappa shape index (κ3) is 4.85. The zero-order chi connectivity index (χ0) is 17.6. The van der Waals surface area contributed by atoms with Crippen LogP contribution in [-0.2, 0) is 6.61 Å². The maximum atomic E-state index is 6.15. The first-order valence-electron chi connectivity index (χ1n) is 7.88. The second-order valence-corrected chi connectivity index (χ2v) is 6.49. The van der Waals surface area contributed by atoms with Crippen molar-refractivity contribution in [1.29, 1.82) is 0 Å². The summed E-state index contributed by atoms with van der Waals surface area (Å²) in [5.41, 5.74) is 3.81. The van der Waals surface area contributed by atoms with Crippen LogP contribution >= 0.6 is 23.2 Å². The minimum Gasteiger partial charge on any atom is -0.488 e. The van der Waals surface area contributed by atoms with Crippen LogP contribution in [0.3, 0.4) is 0 Å². The number of aryl methyl sites for hydroxylation is 1. The number of aliphatic imine (C=N–C) groups is 1. The van der Waals surface area contributed by atoms with Crippen LogP contribution in [0, 0.1) is 6.92 Å². The molecule has 0 amide bonds. The SMILES string of the molecule is Cc1ccc(N=Cc2ccccc2OCc2ccc(Cl)cc2)cc1Cl. The quantitative estimate of drug-likeness (QED) is 0.462. The van der Waals surface area contributed by atoms with Crippen LogP contribution in [0.5, 0.6) is 5.75 Å². The molecule has 0 unspecified atom stereocenters. The minimum absolute atomic E-state index is 0.471. The van der Waals surface area contributed by atoms with E-state index in [2.05, 4.69) is 4.99 Å². The molecule has 0 saturated carbocycles. The molecule has 0 aliphatic carbocycles. The smallest absolute Gasteiger partial charge is 0.128 e. The van der Waals surface area contributed by atoms with E-state index < -0.39 is 0 Å². The van der Waals surface area contributed by atoms with Gasteiger partial charge in [0.1, 0.15) is 12.4 Å². The van der Waals surface area contributed by atoms with Crippen LogP contribution in [0.1, 0.15) is 16.7 Å². The Kier molecular flexibility index (Phi) is 5.75. The number of halogens is 2. The van der Waals surface area contributed by atoms with Gasteiger partial charge < -0.3 is 4.74 Å². The molecule has 0 aliphatic rings. The van der Waals surface area contributed by atoms with E-state index in [1.807, 2.05) is 73.7 Å². The van der Waals surface area contributed by atoms with Gasteiger partial charge >= 0.3 is 0 Å². The summed E-state index contributed by atoms with van der Waals surface area (Å²) in [4.78, 5) is 4.50. The van der Waals surface area contributed by atoms with Crippen LogP contribution in [0.25, 0.3) is 0 Å². The lowest BCUT2D eigenvalue weighted by molar-refractivity contribution is 0.306. The maximum absolute atomic E-state index is 6.15. The van der Waals surface area contributed by atoms with Crippen molar-refractivity contribution in [3.8, 4) is 5.75 Å². The molecule has 0 atom stereocenters. The first-order valence-corrected chi connectivity index (χ1v) is 8.64. The average Bonchev–Trinajstić information content (AvgIpc) is 2.63. The number of ether oxygens (including phenoxy) is 1. The molecule has 0 spiro atoms. The lowest BCUT2D eigenvalue weighted by Gasteiger charge is -2.09. The van der Waals surface area contributed by atoms with Crippen molar-refractivity contribution in [3.05, 3.63) is 93.5 Å².